The van der Waals surface area contributed by atoms with Gasteiger partial charge in [0.25, 0.3) is 0 Å². The van der Waals surface area contributed by atoms with Gasteiger partial charge in [-0.25, -0.2) is 0 Å². The van der Waals surface area contributed by atoms with Crippen molar-refractivity contribution in [3.8, 4) is 0 Å². The minimum Gasteiger partial charge on any atom is -0.481 e. The van der Waals surface area contributed by atoms with Gasteiger partial charge in [-0.15, -0.1) is 0 Å². The topological polar surface area (TPSA) is 87.6 Å². The molecule has 0 atom stereocenters. The van der Waals surface area contributed by atoms with Crippen LogP contribution in [0.4, 0.5) is 0 Å². The van der Waals surface area contributed by atoms with Crippen LogP contribution in [0.25, 0.3) is 0 Å². The summed E-state index contributed by atoms with van der Waals surface area (Å²) in [5.74, 6) is -0.339. The van der Waals surface area contributed by atoms with Gasteiger partial charge in [0.2, 0.25) is 11.8 Å². The van der Waals surface area contributed by atoms with Gasteiger partial charge < -0.3 is 19.8 Å². The number of hydrogen-bond donors (Lipinski definition) is 1. The number of nitrogens with zero attached hydrogens (tertiary/aromatic N) is 5. The molecule has 2 amide bonds. The molecule has 1 rings (SSSR count). The number of carboxylic acids is 1. The van der Waals surface area contributed by atoms with Gasteiger partial charge in [0, 0.05) is 45.7 Å². The number of amides is 2. The number of rotatable bonds is 45. The quantitative estimate of drug-likeness (QED) is 0.0610. The molecule has 61 heavy (non-hydrogen) atoms. The first-order valence-corrected chi connectivity index (χ1v) is 26.8. The summed E-state index contributed by atoms with van der Waals surface area (Å²) in [7, 11) is 0. The third kappa shape index (κ3) is 34.4. The molecule has 0 saturated carbocycles. The molecule has 1 aliphatic heterocycles. The van der Waals surface area contributed by atoms with E-state index in [-0.39, 0.29) is 18.2 Å². The van der Waals surface area contributed by atoms with Crippen LogP contribution in [0.1, 0.15) is 233 Å². The SMILES string of the molecule is CCCCCCCCCN(CCCCCCCCC)CCN(CCCCCCCCC)CC(=O)N1CCN(C(=O)CN(CCCCCCCCC)CCCCCC(=O)O)CC1. The maximum atomic E-state index is 13.9. The van der Waals surface area contributed by atoms with Crippen LogP contribution in [-0.2, 0) is 14.4 Å². The third-order valence-electron chi connectivity index (χ3n) is 13.1. The van der Waals surface area contributed by atoms with Crippen LogP contribution in [0.5, 0.6) is 0 Å². The first-order valence-electron chi connectivity index (χ1n) is 26.8. The Morgan fingerprint density at radius 3 is 0.902 bits per heavy atom. The maximum Gasteiger partial charge on any atom is 0.303 e. The van der Waals surface area contributed by atoms with Crippen molar-refractivity contribution in [1.82, 2.24) is 24.5 Å². The lowest BCUT2D eigenvalue weighted by Gasteiger charge is -2.37. The van der Waals surface area contributed by atoms with Crippen LogP contribution in [0.15, 0.2) is 0 Å². The van der Waals surface area contributed by atoms with Crippen LogP contribution in [0.2, 0.25) is 0 Å². The summed E-state index contributed by atoms with van der Waals surface area (Å²) in [6.07, 6.45) is 39.2. The van der Waals surface area contributed by atoms with E-state index < -0.39 is 5.97 Å². The van der Waals surface area contributed by atoms with Crippen molar-refractivity contribution in [2.24, 2.45) is 0 Å². The Hall–Kier alpha value is -1.71. The molecule has 1 fully saturated rings. The Morgan fingerprint density at radius 1 is 0.344 bits per heavy atom. The van der Waals surface area contributed by atoms with Gasteiger partial charge in [0.1, 0.15) is 0 Å². The van der Waals surface area contributed by atoms with Gasteiger partial charge in [0.15, 0.2) is 0 Å². The molecule has 0 bridgehead atoms. The van der Waals surface area contributed by atoms with E-state index in [0.29, 0.717) is 45.7 Å². The molecule has 0 unspecified atom stereocenters. The lowest BCUT2D eigenvalue weighted by atomic mass is 10.1. The summed E-state index contributed by atoms with van der Waals surface area (Å²) in [5.41, 5.74) is 0. The fraction of sp³-hybridized carbons (Fsp3) is 0.942. The van der Waals surface area contributed by atoms with E-state index in [0.717, 1.165) is 58.4 Å². The van der Waals surface area contributed by atoms with E-state index in [1.54, 1.807) is 0 Å². The van der Waals surface area contributed by atoms with Crippen molar-refractivity contribution in [1.29, 1.82) is 0 Å². The molecular formula is C52H103N5O4. The molecule has 360 valence electrons. The zero-order chi connectivity index (χ0) is 44.4. The highest BCUT2D eigenvalue weighted by atomic mass is 16.4. The number of hydrogen-bond acceptors (Lipinski definition) is 6. The Morgan fingerprint density at radius 2 is 0.590 bits per heavy atom. The number of unbranched alkanes of at least 4 members (excludes halogenated alkanes) is 26. The smallest absolute Gasteiger partial charge is 0.303 e. The van der Waals surface area contributed by atoms with E-state index in [1.165, 1.54) is 180 Å². The molecule has 0 aliphatic carbocycles. The van der Waals surface area contributed by atoms with Gasteiger partial charge in [-0.1, -0.05) is 188 Å². The standard InChI is InChI=1S/C52H103N5O4/c1-5-9-13-17-21-25-31-37-53(38-32-26-22-18-14-10-6-2)42-43-55(41-34-28-24-20-16-12-8-4)49-51(59)57-46-44-56(45-47-57)50(58)48-54(40-35-29-30-36-52(60)61)39-33-27-23-19-15-11-7-3/h5-49H2,1-4H3,(H,60,61). The van der Waals surface area contributed by atoms with Gasteiger partial charge >= 0.3 is 5.97 Å². The molecule has 0 spiro atoms. The zero-order valence-electron chi connectivity index (χ0n) is 41.2. The number of aliphatic carboxylic acids is 1. The average molecular weight is 862 g/mol. The second-order valence-corrected chi connectivity index (χ2v) is 18.8. The number of carboxylic acid groups (broad SMARTS) is 1. The van der Waals surface area contributed by atoms with E-state index in [2.05, 4.69) is 42.4 Å². The van der Waals surface area contributed by atoms with Crippen molar-refractivity contribution in [3.05, 3.63) is 0 Å². The lowest BCUT2D eigenvalue weighted by Crippen LogP contribution is -2.54. The normalized spacial score (nSPS) is 13.4. The van der Waals surface area contributed by atoms with Crippen LogP contribution in [-0.4, -0.2) is 132 Å². The fourth-order valence-electron chi connectivity index (χ4n) is 8.90. The third-order valence-corrected chi connectivity index (χ3v) is 13.1. The molecule has 9 nitrogen and oxygen atoms in total. The minimum absolute atomic E-state index is 0.170. The minimum atomic E-state index is -0.733. The highest BCUT2D eigenvalue weighted by molar-refractivity contribution is 5.80. The van der Waals surface area contributed by atoms with E-state index >= 15 is 0 Å². The van der Waals surface area contributed by atoms with Gasteiger partial charge in [0.05, 0.1) is 13.1 Å². The summed E-state index contributed by atoms with van der Waals surface area (Å²) in [6, 6.07) is 0. The van der Waals surface area contributed by atoms with Crippen molar-refractivity contribution < 1.29 is 19.5 Å². The average Bonchev–Trinajstić information content (AvgIpc) is 3.26. The maximum absolute atomic E-state index is 13.9. The first kappa shape index (κ1) is 57.3. The van der Waals surface area contributed by atoms with Gasteiger partial charge in [-0.3, -0.25) is 24.2 Å². The molecule has 1 aliphatic rings. The molecule has 0 aromatic rings. The van der Waals surface area contributed by atoms with Crippen molar-refractivity contribution >= 4 is 17.8 Å². The second-order valence-electron chi connectivity index (χ2n) is 18.8. The number of carbonyl (C=O) groups excluding carboxylic acids is 2. The molecular weight excluding hydrogens is 759 g/mol. The Bertz CT molecular complexity index is 988. The summed E-state index contributed by atoms with van der Waals surface area (Å²) >= 11 is 0. The predicted molar refractivity (Wildman–Crippen MR) is 261 cm³/mol. The second kappa shape index (κ2) is 42.3. The van der Waals surface area contributed by atoms with Crippen LogP contribution >= 0.6 is 0 Å². The van der Waals surface area contributed by atoms with E-state index in [9.17, 15) is 14.4 Å². The van der Waals surface area contributed by atoms with E-state index in [1.807, 2.05) is 9.80 Å². The number of carbonyl (C=O) groups is 3. The van der Waals surface area contributed by atoms with Gasteiger partial charge in [-0.05, 0) is 71.2 Å². The highest BCUT2D eigenvalue weighted by Gasteiger charge is 2.26. The summed E-state index contributed by atoms with van der Waals surface area (Å²) in [5, 5.41) is 9.05. The van der Waals surface area contributed by atoms with Crippen molar-refractivity contribution in [2.75, 3.05) is 85.1 Å². The first-order chi connectivity index (χ1) is 29.8. The van der Waals surface area contributed by atoms with Crippen LogP contribution in [0, 0.1) is 0 Å². The van der Waals surface area contributed by atoms with Crippen LogP contribution < -0.4 is 0 Å². The monoisotopic (exact) mass is 862 g/mol. The molecule has 1 saturated heterocycles. The fourth-order valence-corrected chi connectivity index (χ4v) is 8.90. The van der Waals surface area contributed by atoms with Crippen LogP contribution in [0.3, 0.4) is 0 Å². The summed E-state index contributed by atoms with van der Waals surface area (Å²) in [6.45, 7) is 19.6. The summed E-state index contributed by atoms with van der Waals surface area (Å²) < 4.78 is 0. The Balaban J connectivity index is 2.77. The predicted octanol–water partition coefficient (Wildman–Crippen LogP) is 12.2. The zero-order valence-corrected chi connectivity index (χ0v) is 41.2. The largest absolute Gasteiger partial charge is 0.481 e. The molecule has 0 aromatic carbocycles. The highest BCUT2D eigenvalue weighted by Crippen LogP contribution is 2.14. The molecule has 0 aromatic heterocycles. The molecule has 0 radical (unpaired) electrons. The molecule has 1 heterocycles. The Labute approximate surface area is 378 Å². The van der Waals surface area contributed by atoms with E-state index in [4.69, 9.17) is 5.11 Å². The molecule has 9 heteroatoms. The van der Waals surface area contributed by atoms with Crippen molar-refractivity contribution in [3.63, 3.8) is 0 Å². The lowest BCUT2D eigenvalue weighted by molar-refractivity contribution is -0.140. The molecule has 1 N–H and O–H groups in total. The summed E-state index contributed by atoms with van der Waals surface area (Å²) in [4.78, 5) is 50.0. The Kier molecular flexibility index (Phi) is 39.7. The van der Waals surface area contributed by atoms with Crippen molar-refractivity contribution in [2.45, 2.75) is 233 Å². The number of piperazine rings is 1. The van der Waals surface area contributed by atoms with Gasteiger partial charge in [-0.2, -0.15) is 0 Å².